The van der Waals surface area contributed by atoms with Crippen LogP contribution in [-0.2, 0) is 18.3 Å². The number of carbonyl (C=O) groups is 1. The molecule has 6 nitrogen and oxygen atoms in total. The lowest BCUT2D eigenvalue weighted by Crippen LogP contribution is -2.29. The van der Waals surface area contributed by atoms with Crippen LogP contribution in [0.5, 0.6) is 5.75 Å². The third-order valence-corrected chi connectivity index (χ3v) is 2.99. The van der Waals surface area contributed by atoms with Crippen molar-refractivity contribution < 1.29 is 9.53 Å². The zero-order valence-electron chi connectivity index (χ0n) is 12.3. The minimum atomic E-state index is -0.0967. The minimum absolute atomic E-state index is 0.0967. The lowest BCUT2D eigenvalue weighted by atomic mass is 10.3. The van der Waals surface area contributed by atoms with E-state index >= 15 is 0 Å². The van der Waals surface area contributed by atoms with E-state index < -0.39 is 0 Å². The topological polar surface area (TPSA) is 68.2 Å². The van der Waals surface area contributed by atoms with Crippen LogP contribution >= 0.6 is 0 Å². The third-order valence-electron chi connectivity index (χ3n) is 2.99. The van der Waals surface area contributed by atoms with Crippen molar-refractivity contribution in [2.45, 2.75) is 6.42 Å². The van der Waals surface area contributed by atoms with Gasteiger partial charge >= 0.3 is 0 Å². The fourth-order valence-electron chi connectivity index (χ4n) is 1.96. The summed E-state index contributed by atoms with van der Waals surface area (Å²) < 4.78 is 6.95. The van der Waals surface area contributed by atoms with Gasteiger partial charge in [-0.3, -0.25) is 9.48 Å². The van der Waals surface area contributed by atoms with Crippen LogP contribution in [0.2, 0.25) is 0 Å². The summed E-state index contributed by atoms with van der Waals surface area (Å²) in [5, 5.41) is 10.2. The molecular formula is C15H20N4O2. The SMILES string of the molecule is COc1ccccc1NC(=O)CNCCc1ccn(C)n1. The van der Waals surface area contributed by atoms with Gasteiger partial charge in [0, 0.05) is 26.2 Å². The van der Waals surface area contributed by atoms with Crippen molar-refractivity contribution in [3.05, 3.63) is 42.2 Å². The molecule has 0 aliphatic heterocycles. The number of nitrogens with zero attached hydrogens (tertiary/aromatic N) is 2. The molecule has 0 unspecified atom stereocenters. The number of benzene rings is 1. The molecule has 0 fully saturated rings. The Balaban J connectivity index is 1.72. The standard InChI is InChI=1S/C15H20N4O2/c1-19-10-8-12(18-19)7-9-16-11-15(20)17-13-5-3-4-6-14(13)21-2/h3-6,8,10,16H,7,9,11H2,1-2H3,(H,17,20). The molecule has 2 rings (SSSR count). The molecule has 0 spiro atoms. The molecule has 21 heavy (non-hydrogen) atoms. The molecule has 112 valence electrons. The van der Waals surface area contributed by atoms with Gasteiger partial charge in [0.25, 0.3) is 0 Å². The Bertz CT molecular complexity index is 595. The first-order valence-corrected chi connectivity index (χ1v) is 6.81. The molecule has 2 aromatic rings. The van der Waals surface area contributed by atoms with Crippen molar-refractivity contribution in [2.75, 3.05) is 25.5 Å². The first-order chi connectivity index (χ1) is 10.2. The number of nitrogens with one attached hydrogen (secondary N) is 2. The number of rotatable bonds is 7. The fraction of sp³-hybridized carbons (Fsp3) is 0.333. The fourth-order valence-corrected chi connectivity index (χ4v) is 1.96. The minimum Gasteiger partial charge on any atom is -0.495 e. The van der Waals surface area contributed by atoms with Crippen LogP contribution in [0.4, 0.5) is 5.69 Å². The second-order valence-corrected chi connectivity index (χ2v) is 4.66. The number of aryl methyl sites for hydroxylation is 1. The highest BCUT2D eigenvalue weighted by molar-refractivity contribution is 5.93. The summed E-state index contributed by atoms with van der Waals surface area (Å²) in [6, 6.07) is 9.30. The number of anilines is 1. The number of hydrogen-bond donors (Lipinski definition) is 2. The maximum atomic E-state index is 11.8. The summed E-state index contributed by atoms with van der Waals surface area (Å²) >= 11 is 0. The van der Waals surface area contributed by atoms with E-state index in [-0.39, 0.29) is 12.5 Å². The molecule has 0 saturated carbocycles. The van der Waals surface area contributed by atoms with Crippen LogP contribution in [0.25, 0.3) is 0 Å². The highest BCUT2D eigenvalue weighted by atomic mass is 16.5. The van der Waals surface area contributed by atoms with Crippen molar-refractivity contribution in [2.24, 2.45) is 7.05 Å². The number of amides is 1. The van der Waals surface area contributed by atoms with Crippen LogP contribution in [0.15, 0.2) is 36.5 Å². The Morgan fingerprint density at radius 1 is 1.33 bits per heavy atom. The highest BCUT2D eigenvalue weighted by Crippen LogP contribution is 2.22. The molecule has 0 aliphatic rings. The summed E-state index contributed by atoms with van der Waals surface area (Å²) in [6.07, 6.45) is 2.70. The molecule has 6 heteroatoms. The predicted molar refractivity (Wildman–Crippen MR) is 81.4 cm³/mol. The van der Waals surface area contributed by atoms with Crippen molar-refractivity contribution in [3.63, 3.8) is 0 Å². The Labute approximate surface area is 124 Å². The average Bonchev–Trinajstić information content (AvgIpc) is 2.90. The molecule has 0 atom stereocenters. The van der Waals surface area contributed by atoms with Crippen LogP contribution in [0, 0.1) is 0 Å². The van der Waals surface area contributed by atoms with Gasteiger partial charge in [-0.05, 0) is 18.2 Å². The smallest absolute Gasteiger partial charge is 0.238 e. The molecule has 0 radical (unpaired) electrons. The van der Waals surface area contributed by atoms with Crippen LogP contribution in [-0.4, -0.2) is 35.9 Å². The van der Waals surface area contributed by atoms with E-state index in [1.54, 1.807) is 11.8 Å². The van der Waals surface area contributed by atoms with E-state index in [2.05, 4.69) is 15.7 Å². The maximum absolute atomic E-state index is 11.8. The van der Waals surface area contributed by atoms with E-state index in [9.17, 15) is 4.79 Å². The largest absolute Gasteiger partial charge is 0.495 e. The number of aromatic nitrogens is 2. The van der Waals surface area contributed by atoms with Crippen molar-refractivity contribution in [1.29, 1.82) is 0 Å². The monoisotopic (exact) mass is 288 g/mol. The van der Waals surface area contributed by atoms with Crippen LogP contribution < -0.4 is 15.4 Å². The van der Waals surface area contributed by atoms with E-state index in [4.69, 9.17) is 4.74 Å². The first-order valence-electron chi connectivity index (χ1n) is 6.81. The zero-order valence-corrected chi connectivity index (χ0v) is 12.3. The molecule has 1 aromatic carbocycles. The molecule has 1 heterocycles. The van der Waals surface area contributed by atoms with E-state index in [1.165, 1.54) is 0 Å². The summed E-state index contributed by atoms with van der Waals surface area (Å²) in [4.78, 5) is 11.8. The quantitative estimate of drug-likeness (QED) is 0.751. The van der Waals surface area contributed by atoms with Gasteiger partial charge in [0.05, 0.1) is 25.0 Å². The molecular weight excluding hydrogens is 268 g/mol. The van der Waals surface area contributed by atoms with Crippen molar-refractivity contribution >= 4 is 11.6 Å². The van der Waals surface area contributed by atoms with Gasteiger partial charge < -0.3 is 15.4 Å². The average molecular weight is 288 g/mol. The van der Waals surface area contributed by atoms with Gasteiger partial charge in [-0.25, -0.2) is 0 Å². The van der Waals surface area contributed by atoms with Gasteiger partial charge in [-0.15, -0.1) is 0 Å². The maximum Gasteiger partial charge on any atom is 0.238 e. The molecule has 0 bridgehead atoms. The van der Waals surface area contributed by atoms with Gasteiger partial charge in [-0.1, -0.05) is 12.1 Å². The Hall–Kier alpha value is -2.34. The molecule has 0 saturated heterocycles. The lowest BCUT2D eigenvalue weighted by Gasteiger charge is -2.10. The van der Waals surface area contributed by atoms with Gasteiger partial charge in [-0.2, -0.15) is 5.10 Å². The predicted octanol–water partition coefficient (Wildman–Crippen LogP) is 1.20. The summed E-state index contributed by atoms with van der Waals surface area (Å²) in [7, 11) is 3.47. The normalized spacial score (nSPS) is 10.4. The van der Waals surface area contributed by atoms with Gasteiger partial charge in [0.2, 0.25) is 5.91 Å². The number of ether oxygens (including phenoxy) is 1. The summed E-state index contributed by atoms with van der Waals surface area (Å²) in [5.74, 6) is 0.555. The van der Waals surface area contributed by atoms with Crippen molar-refractivity contribution in [3.8, 4) is 5.75 Å². The number of hydrogen-bond acceptors (Lipinski definition) is 4. The molecule has 0 aliphatic carbocycles. The van der Waals surface area contributed by atoms with E-state index in [0.717, 1.165) is 12.1 Å². The summed E-state index contributed by atoms with van der Waals surface area (Å²) in [5.41, 5.74) is 1.69. The number of para-hydroxylation sites is 2. The van der Waals surface area contributed by atoms with E-state index in [1.807, 2.05) is 43.6 Å². The van der Waals surface area contributed by atoms with Gasteiger partial charge in [0.15, 0.2) is 0 Å². The lowest BCUT2D eigenvalue weighted by molar-refractivity contribution is -0.115. The van der Waals surface area contributed by atoms with E-state index in [0.29, 0.717) is 18.0 Å². The molecule has 1 amide bonds. The Kier molecular flexibility index (Phi) is 5.34. The van der Waals surface area contributed by atoms with Gasteiger partial charge in [0.1, 0.15) is 5.75 Å². The Morgan fingerprint density at radius 3 is 2.86 bits per heavy atom. The first kappa shape index (κ1) is 15.1. The zero-order chi connectivity index (χ0) is 15.1. The number of carbonyl (C=O) groups excluding carboxylic acids is 1. The molecule has 2 N–H and O–H groups in total. The van der Waals surface area contributed by atoms with Crippen LogP contribution in [0.3, 0.4) is 0 Å². The van der Waals surface area contributed by atoms with Crippen LogP contribution in [0.1, 0.15) is 5.69 Å². The highest BCUT2D eigenvalue weighted by Gasteiger charge is 2.06. The Morgan fingerprint density at radius 2 is 2.14 bits per heavy atom. The summed E-state index contributed by atoms with van der Waals surface area (Å²) in [6.45, 7) is 0.960. The molecule has 1 aromatic heterocycles. The second-order valence-electron chi connectivity index (χ2n) is 4.66. The van der Waals surface area contributed by atoms with Crippen molar-refractivity contribution in [1.82, 2.24) is 15.1 Å². The second kappa shape index (κ2) is 7.44. The number of methoxy groups -OCH3 is 1. The third kappa shape index (κ3) is 4.61.